The zero-order chi connectivity index (χ0) is 22.0. The second-order valence-corrected chi connectivity index (χ2v) is 7.64. The highest BCUT2D eigenvalue weighted by Gasteiger charge is 2.23. The van der Waals surface area contributed by atoms with Crippen LogP contribution in [0, 0.1) is 5.82 Å². The van der Waals surface area contributed by atoms with Gasteiger partial charge in [-0.25, -0.2) is 4.39 Å². The number of rotatable bonds is 4. The lowest BCUT2D eigenvalue weighted by molar-refractivity contribution is 0.0746. The third-order valence-electron chi connectivity index (χ3n) is 5.38. The summed E-state index contributed by atoms with van der Waals surface area (Å²) in [4.78, 5) is 30.9. The van der Waals surface area contributed by atoms with E-state index < -0.39 is 0 Å². The number of piperazine rings is 1. The van der Waals surface area contributed by atoms with Crippen LogP contribution in [0.5, 0.6) is 0 Å². The van der Waals surface area contributed by atoms with E-state index in [1.54, 1.807) is 6.07 Å². The monoisotopic (exact) mass is 421 g/mol. The molecule has 0 unspecified atom stereocenters. The number of carbonyl (C=O) groups is 1. The lowest BCUT2D eigenvalue weighted by Crippen LogP contribution is -2.49. The van der Waals surface area contributed by atoms with Gasteiger partial charge < -0.3 is 14.7 Å². The van der Waals surface area contributed by atoms with Gasteiger partial charge in [0.2, 0.25) is 0 Å². The normalized spacial score (nSPS) is 13.9. The molecule has 0 radical (unpaired) electrons. The van der Waals surface area contributed by atoms with Crippen LogP contribution < -0.4 is 15.4 Å². The van der Waals surface area contributed by atoms with E-state index in [4.69, 9.17) is 0 Å². The molecule has 1 saturated heterocycles. The highest BCUT2D eigenvalue weighted by Crippen LogP contribution is 2.17. The van der Waals surface area contributed by atoms with E-state index in [1.807, 2.05) is 53.1 Å². The van der Waals surface area contributed by atoms with Crippen molar-refractivity contribution < 1.29 is 9.18 Å². The van der Waals surface area contributed by atoms with Crippen LogP contribution in [-0.2, 0) is 0 Å². The van der Waals surface area contributed by atoms with Crippen LogP contribution in [-0.4, -0.2) is 60.9 Å². The van der Waals surface area contributed by atoms with Crippen molar-refractivity contribution in [2.75, 3.05) is 50.1 Å². The third-order valence-corrected chi connectivity index (χ3v) is 5.38. The number of hydrogen-bond acceptors (Lipinski definition) is 5. The molecule has 0 saturated carbocycles. The van der Waals surface area contributed by atoms with Crippen molar-refractivity contribution in [3.8, 4) is 5.69 Å². The molecule has 7 nitrogen and oxygen atoms in total. The van der Waals surface area contributed by atoms with Gasteiger partial charge in [-0.05, 0) is 54.6 Å². The zero-order valence-electron chi connectivity index (χ0n) is 17.5. The maximum atomic E-state index is 13.2. The fraction of sp³-hybridized carbons (Fsp3) is 0.261. The predicted octanol–water partition coefficient (Wildman–Crippen LogP) is 2.40. The number of anilines is 2. The Labute approximate surface area is 179 Å². The van der Waals surface area contributed by atoms with E-state index in [-0.39, 0.29) is 17.3 Å². The molecular formula is C23H24FN5O2. The van der Waals surface area contributed by atoms with Gasteiger partial charge in [0.05, 0.1) is 5.69 Å². The molecule has 4 rings (SSSR count). The lowest BCUT2D eigenvalue weighted by Gasteiger charge is -2.35. The molecule has 0 aliphatic carbocycles. The maximum absolute atomic E-state index is 13.2. The summed E-state index contributed by atoms with van der Waals surface area (Å²) in [5, 5.41) is 4.45. The molecule has 1 aliphatic rings. The summed E-state index contributed by atoms with van der Waals surface area (Å²) in [5.74, 6) is 0.283. The van der Waals surface area contributed by atoms with E-state index in [0.29, 0.717) is 43.2 Å². The summed E-state index contributed by atoms with van der Waals surface area (Å²) in [6, 6.07) is 16.3. The minimum atomic E-state index is -0.370. The summed E-state index contributed by atoms with van der Waals surface area (Å²) < 4.78 is 14.5. The van der Waals surface area contributed by atoms with Crippen molar-refractivity contribution in [2.24, 2.45) is 0 Å². The maximum Gasteiger partial charge on any atom is 0.271 e. The Hall–Kier alpha value is -3.68. The Kier molecular flexibility index (Phi) is 5.70. The number of hydrogen-bond donors (Lipinski definition) is 0. The first kappa shape index (κ1) is 20.6. The molecule has 2 aromatic carbocycles. The van der Waals surface area contributed by atoms with Crippen LogP contribution in [0.2, 0.25) is 0 Å². The summed E-state index contributed by atoms with van der Waals surface area (Å²) in [6.07, 6.45) is 0. The van der Waals surface area contributed by atoms with Crippen LogP contribution in [0.1, 0.15) is 10.4 Å². The van der Waals surface area contributed by atoms with Crippen molar-refractivity contribution in [1.29, 1.82) is 0 Å². The smallest absolute Gasteiger partial charge is 0.271 e. The average Bonchev–Trinajstić information content (AvgIpc) is 2.80. The molecular weight excluding hydrogens is 397 g/mol. The second kappa shape index (κ2) is 8.59. The summed E-state index contributed by atoms with van der Waals surface area (Å²) in [5.41, 5.74) is 1.93. The molecule has 3 aromatic rings. The standard InChI is InChI=1S/C23H24FN5O2/c1-26(2)19-7-3-17(4-8-19)23(31)28-15-13-27(14-16-28)21-11-12-22(30)29(25-21)20-9-5-18(24)6-10-20/h3-12H,13-16H2,1-2H3. The van der Waals surface area contributed by atoms with E-state index in [2.05, 4.69) is 5.10 Å². The van der Waals surface area contributed by atoms with Crippen molar-refractivity contribution in [2.45, 2.75) is 0 Å². The van der Waals surface area contributed by atoms with Crippen LogP contribution in [0.4, 0.5) is 15.9 Å². The van der Waals surface area contributed by atoms with Gasteiger partial charge in [0, 0.05) is 57.6 Å². The fourth-order valence-corrected chi connectivity index (χ4v) is 3.56. The largest absolute Gasteiger partial charge is 0.378 e. The van der Waals surface area contributed by atoms with Crippen molar-refractivity contribution in [3.05, 3.63) is 82.4 Å². The van der Waals surface area contributed by atoms with E-state index >= 15 is 0 Å². The van der Waals surface area contributed by atoms with Gasteiger partial charge in [0.25, 0.3) is 11.5 Å². The Morgan fingerprint density at radius 3 is 2.16 bits per heavy atom. The van der Waals surface area contributed by atoms with Gasteiger partial charge in [-0.2, -0.15) is 4.68 Å². The molecule has 0 atom stereocenters. The van der Waals surface area contributed by atoms with Gasteiger partial charge in [-0.15, -0.1) is 5.10 Å². The van der Waals surface area contributed by atoms with Crippen LogP contribution in [0.15, 0.2) is 65.5 Å². The first-order valence-electron chi connectivity index (χ1n) is 10.1. The predicted molar refractivity (Wildman–Crippen MR) is 119 cm³/mol. The summed E-state index contributed by atoms with van der Waals surface area (Å²) in [7, 11) is 3.92. The minimum Gasteiger partial charge on any atom is -0.378 e. The summed E-state index contributed by atoms with van der Waals surface area (Å²) >= 11 is 0. The van der Waals surface area contributed by atoms with Crippen molar-refractivity contribution >= 4 is 17.4 Å². The van der Waals surface area contributed by atoms with Gasteiger partial charge >= 0.3 is 0 Å². The number of halogens is 1. The molecule has 160 valence electrons. The fourth-order valence-electron chi connectivity index (χ4n) is 3.56. The Balaban J connectivity index is 1.45. The molecule has 1 aromatic heterocycles. The Morgan fingerprint density at radius 2 is 1.55 bits per heavy atom. The van der Waals surface area contributed by atoms with Crippen molar-refractivity contribution in [1.82, 2.24) is 14.7 Å². The van der Waals surface area contributed by atoms with E-state index in [1.165, 1.54) is 35.0 Å². The number of carbonyl (C=O) groups excluding carboxylic acids is 1. The molecule has 0 bridgehead atoms. The topological polar surface area (TPSA) is 61.7 Å². The van der Waals surface area contributed by atoms with E-state index in [9.17, 15) is 14.0 Å². The van der Waals surface area contributed by atoms with Gasteiger partial charge in [0.1, 0.15) is 11.6 Å². The van der Waals surface area contributed by atoms with Crippen LogP contribution >= 0.6 is 0 Å². The minimum absolute atomic E-state index is 0.00852. The lowest BCUT2D eigenvalue weighted by atomic mass is 10.1. The second-order valence-electron chi connectivity index (χ2n) is 7.64. The first-order chi connectivity index (χ1) is 14.9. The van der Waals surface area contributed by atoms with Gasteiger partial charge in [-0.3, -0.25) is 9.59 Å². The first-order valence-corrected chi connectivity index (χ1v) is 10.1. The van der Waals surface area contributed by atoms with Crippen LogP contribution in [0.25, 0.3) is 5.69 Å². The Bertz CT molecular complexity index is 1120. The molecule has 0 spiro atoms. The van der Waals surface area contributed by atoms with E-state index in [0.717, 1.165) is 5.69 Å². The SMILES string of the molecule is CN(C)c1ccc(C(=O)N2CCN(c3ccc(=O)n(-c4ccc(F)cc4)n3)CC2)cc1. The number of aromatic nitrogens is 2. The van der Waals surface area contributed by atoms with Gasteiger partial charge in [-0.1, -0.05) is 0 Å². The quantitative estimate of drug-likeness (QED) is 0.648. The molecule has 8 heteroatoms. The van der Waals surface area contributed by atoms with Crippen molar-refractivity contribution in [3.63, 3.8) is 0 Å². The highest BCUT2D eigenvalue weighted by atomic mass is 19.1. The summed E-state index contributed by atoms with van der Waals surface area (Å²) in [6.45, 7) is 2.34. The third kappa shape index (κ3) is 4.42. The number of amides is 1. The zero-order valence-corrected chi connectivity index (χ0v) is 17.5. The molecule has 1 aliphatic heterocycles. The molecule has 31 heavy (non-hydrogen) atoms. The number of benzene rings is 2. The molecule has 0 N–H and O–H groups in total. The van der Waals surface area contributed by atoms with Gasteiger partial charge in [0.15, 0.2) is 0 Å². The molecule has 1 amide bonds. The molecule has 2 heterocycles. The molecule has 1 fully saturated rings. The average molecular weight is 421 g/mol. The number of nitrogens with zero attached hydrogens (tertiary/aromatic N) is 5. The Morgan fingerprint density at radius 1 is 0.903 bits per heavy atom. The highest BCUT2D eigenvalue weighted by molar-refractivity contribution is 5.94. The van der Waals surface area contributed by atoms with Crippen LogP contribution in [0.3, 0.4) is 0 Å².